The van der Waals surface area contributed by atoms with Gasteiger partial charge in [0.15, 0.2) is 0 Å². The van der Waals surface area contributed by atoms with Gasteiger partial charge in [0.2, 0.25) is 0 Å². The van der Waals surface area contributed by atoms with Crippen LogP contribution < -0.4 is 0 Å². The summed E-state index contributed by atoms with van der Waals surface area (Å²) in [6.07, 6.45) is 1.90. The van der Waals surface area contributed by atoms with Crippen LogP contribution >= 0.6 is 0 Å². The lowest BCUT2D eigenvalue weighted by Crippen LogP contribution is -2.09. The molecule has 0 aliphatic rings. The van der Waals surface area contributed by atoms with Crippen molar-refractivity contribution >= 4 is 11.7 Å². The van der Waals surface area contributed by atoms with Crippen molar-refractivity contribution in [2.75, 3.05) is 0 Å². The summed E-state index contributed by atoms with van der Waals surface area (Å²) in [7, 11) is 0. The molecule has 10 heavy (non-hydrogen) atoms. The Morgan fingerprint density at radius 2 is 2.20 bits per heavy atom. The number of carbonyl (C=O) groups is 1. The summed E-state index contributed by atoms with van der Waals surface area (Å²) in [6, 6.07) is 0. The zero-order chi connectivity index (χ0) is 8.15. The number of nitrogens with one attached hydrogen (secondary N) is 1. The molecule has 0 saturated heterocycles. The van der Waals surface area contributed by atoms with Gasteiger partial charge in [-0.05, 0) is 13.3 Å². The van der Waals surface area contributed by atoms with Crippen molar-refractivity contribution in [2.24, 2.45) is 0 Å². The maximum Gasteiger partial charge on any atom is 0.337 e. The minimum atomic E-state index is -1.02. The molecule has 2 N–H and O–H groups in total. The minimum Gasteiger partial charge on any atom is -0.478 e. The van der Waals surface area contributed by atoms with Crippen molar-refractivity contribution in [3.05, 3.63) is 11.6 Å². The molecule has 0 amide bonds. The molecule has 0 aromatic rings. The second-order valence-electron chi connectivity index (χ2n) is 1.84. The molecule has 0 unspecified atom stereocenters. The number of carboxylic acids is 1. The van der Waals surface area contributed by atoms with E-state index >= 15 is 0 Å². The molecule has 3 heteroatoms. The number of allylic oxidation sites excluding steroid dienone is 1. The van der Waals surface area contributed by atoms with Gasteiger partial charge in [0.1, 0.15) is 0 Å². The van der Waals surface area contributed by atoms with Crippen molar-refractivity contribution < 1.29 is 9.90 Å². The summed E-state index contributed by atoms with van der Waals surface area (Å²) >= 11 is 0. The molecule has 3 nitrogen and oxygen atoms in total. The lowest BCUT2D eigenvalue weighted by atomic mass is 10.1. The van der Waals surface area contributed by atoms with E-state index in [1.165, 1.54) is 6.08 Å². The first-order chi connectivity index (χ1) is 4.63. The number of rotatable bonds is 3. The number of hydrogen-bond donors (Lipinski definition) is 2. The van der Waals surface area contributed by atoms with Gasteiger partial charge in [-0.2, -0.15) is 0 Å². The SMILES string of the molecule is C/C=C(\C(=N)CC)C(=O)O. The van der Waals surface area contributed by atoms with Crippen LogP contribution in [-0.2, 0) is 4.79 Å². The summed E-state index contributed by atoms with van der Waals surface area (Å²) in [5.41, 5.74) is 0.275. The molecule has 56 valence electrons. The monoisotopic (exact) mass is 141 g/mol. The highest BCUT2D eigenvalue weighted by atomic mass is 16.4. The van der Waals surface area contributed by atoms with E-state index in [1.54, 1.807) is 13.8 Å². The Morgan fingerprint density at radius 1 is 1.70 bits per heavy atom. The molecule has 0 aliphatic heterocycles. The highest BCUT2D eigenvalue weighted by Crippen LogP contribution is 1.99. The predicted molar refractivity (Wildman–Crippen MR) is 39.4 cm³/mol. The molecule has 0 aliphatic carbocycles. The molecule has 0 spiro atoms. The average molecular weight is 141 g/mol. The zero-order valence-corrected chi connectivity index (χ0v) is 6.14. The van der Waals surface area contributed by atoms with Gasteiger partial charge >= 0.3 is 5.97 Å². The molecule has 0 rings (SSSR count). The molecule has 0 atom stereocenters. The van der Waals surface area contributed by atoms with Gasteiger partial charge in [-0.3, -0.25) is 0 Å². The number of aliphatic carboxylic acids is 1. The second-order valence-corrected chi connectivity index (χ2v) is 1.84. The largest absolute Gasteiger partial charge is 0.478 e. The lowest BCUT2D eigenvalue weighted by Gasteiger charge is -1.98. The zero-order valence-electron chi connectivity index (χ0n) is 6.14. The first-order valence-electron chi connectivity index (χ1n) is 3.10. The van der Waals surface area contributed by atoms with E-state index in [9.17, 15) is 4.79 Å². The number of hydrogen-bond acceptors (Lipinski definition) is 2. The Hall–Kier alpha value is -1.12. The Labute approximate surface area is 59.9 Å². The first-order valence-corrected chi connectivity index (χ1v) is 3.10. The van der Waals surface area contributed by atoms with Crippen LogP contribution in [0.1, 0.15) is 20.3 Å². The normalized spacial score (nSPS) is 11.2. The van der Waals surface area contributed by atoms with E-state index in [0.29, 0.717) is 6.42 Å². The van der Waals surface area contributed by atoms with Gasteiger partial charge in [0.05, 0.1) is 5.57 Å². The standard InChI is InChI=1S/C7H11NO2/c1-3-5(7(9)10)6(8)4-2/h3,8H,4H2,1-2H3,(H,9,10)/b5-3+,8-6?. The summed E-state index contributed by atoms with van der Waals surface area (Å²) in [5, 5.41) is 15.6. The van der Waals surface area contributed by atoms with Crippen LogP contribution in [0.3, 0.4) is 0 Å². The van der Waals surface area contributed by atoms with Crippen LogP contribution in [0.25, 0.3) is 0 Å². The topological polar surface area (TPSA) is 61.2 Å². The fraction of sp³-hybridized carbons (Fsp3) is 0.429. The van der Waals surface area contributed by atoms with Crippen LogP contribution in [-0.4, -0.2) is 16.8 Å². The maximum atomic E-state index is 10.3. The molecule has 0 saturated carbocycles. The predicted octanol–water partition coefficient (Wildman–Crippen LogP) is 1.45. The Balaban J connectivity index is 4.39. The fourth-order valence-electron chi connectivity index (χ4n) is 0.617. The van der Waals surface area contributed by atoms with Crippen LogP contribution in [0, 0.1) is 5.41 Å². The van der Waals surface area contributed by atoms with Gasteiger partial charge in [-0.1, -0.05) is 13.0 Å². The summed E-state index contributed by atoms with van der Waals surface area (Å²) in [5.74, 6) is -1.02. The van der Waals surface area contributed by atoms with Crippen molar-refractivity contribution in [3.63, 3.8) is 0 Å². The third-order valence-corrected chi connectivity index (χ3v) is 1.20. The molecular weight excluding hydrogens is 130 g/mol. The van der Waals surface area contributed by atoms with E-state index in [4.69, 9.17) is 10.5 Å². The van der Waals surface area contributed by atoms with Gasteiger partial charge in [0.25, 0.3) is 0 Å². The second kappa shape index (κ2) is 3.82. The third kappa shape index (κ3) is 2.01. The fourth-order valence-corrected chi connectivity index (χ4v) is 0.617. The Morgan fingerprint density at radius 3 is 2.30 bits per heavy atom. The van der Waals surface area contributed by atoms with Gasteiger partial charge in [-0.25, -0.2) is 4.79 Å². The quantitative estimate of drug-likeness (QED) is 0.461. The Bertz CT molecular complexity index is 182. The lowest BCUT2D eigenvalue weighted by molar-refractivity contribution is -0.132. The summed E-state index contributed by atoms with van der Waals surface area (Å²) in [4.78, 5) is 10.3. The van der Waals surface area contributed by atoms with E-state index < -0.39 is 5.97 Å². The molecule has 0 radical (unpaired) electrons. The molecule has 0 fully saturated rings. The highest BCUT2D eigenvalue weighted by Gasteiger charge is 2.08. The van der Waals surface area contributed by atoms with Crippen LogP contribution in [0.15, 0.2) is 11.6 Å². The van der Waals surface area contributed by atoms with E-state index in [-0.39, 0.29) is 11.3 Å². The van der Waals surface area contributed by atoms with E-state index in [0.717, 1.165) is 0 Å². The van der Waals surface area contributed by atoms with Gasteiger partial charge in [0, 0.05) is 5.71 Å². The molecular formula is C7H11NO2. The van der Waals surface area contributed by atoms with Crippen molar-refractivity contribution in [1.29, 1.82) is 5.41 Å². The minimum absolute atomic E-state index is 0.0995. The third-order valence-electron chi connectivity index (χ3n) is 1.20. The Kier molecular flexibility index (Phi) is 3.39. The summed E-state index contributed by atoms with van der Waals surface area (Å²) < 4.78 is 0. The van der Waals surface area contributed by atoms with Crippen LogP contribution in [0.4, 0.5) is 0 Å². The van der Waals surface area contributed by atoms with Crippen molar-refractivity contribution in [3.8, 4) is 0 Å². The van der Waals surface area contributed by atoms with Gasteiger partial charge in [-0.15, -0.1) is 0 Å². The highest BCUT2D eigenvalue weighted by molar-refractivity contribution is 6.17. The summed E-state index contributed by atoms with van der Waals surface area (Å²) in [6.45, 7) is 3.38. The average Bonchev–Trinajstić information content (AvgIpc) is 1.88. The van der Waals surface area contributed by atoms with Crippen LogP contribution in [0.5, 0.6) is 0 Å². The molecule has 0 aromatic heterocycles. The van der Waals surface area contributed by atoms with Crippen LogP contribution in [0.2, 0.25) is 0 Å². The number of carboxylic acid groups (broad SMARTS) is 1. The smallest absolute Gasteiger partial charge is 0.337 e. The van der Waals surface area contributed by atoms with E-state index in [1.807, 2.05) is 0 Å². The van der Waals surface area contributed by atoms with E-state index in [2.05, 4.69) is 0 Å². The maximum absolute atomic E-state index is 10.3. The molecule has 0 aromatic carbocycles. The van der Waals surface area contributed by atoms with Crippen molar-refractivity contribution in [1.82, 2.24) is 0 Å². The van der Waals surface area contributed by atoms with Gasteiger partial charge < -0.3 is 10.5 Å². The first kappa shape index (κ1) is 8.88. The molecule has 0 heterocycles. The van der Waals surface area contributed by atoms with Crippen molar-refractivity contribution in [2.45, 2.75) is 20.3 Å². The molecule has 0 bridgehead atoms.